The van der Waals surface area contributed by atoms with Crippen LogP contribution in [0.25, 0.3) is 0 Å². The largest absolute Gasteiger partial charge is 0.394 e. The Balaban J connectivity index is 2.35. The van der Waals surface area contributed by atoms with Crippen LogP contribution in [0, 0.1) is 5.92 Å². The van der Waals surface area contributed by atoms with Gasteiger partial charge in [0.25, 0.3) is 0 Å². The zero-order chi connectivity index (χ0) is 16.7. The smallest absolute Gasteiger partial charge is 0.137 e. The Morgan fingerprint density at radius 3 is 2.32 bits per heavy atom. The SMILES string of the molecule is CC(=O)CCOCCC(=O)C[C@@H]1OC(CO)C(O)[C@H](O)[C@@H]1C. The van der Waals surface area contributed by atoms with Crippen LogP contribution in [0.2, 0.25) is 0 Å². The van der Waals surface area contributed by atoms with Crippen LogP contribution in [0.4, 0.5) is 0 Å². The molecule has 1 aliphatic rings. The van der Waals surface area contributed by atoms with Crippen LogP contribution in [0.1, 0.15) is 33.1 Å². The van der Waals surface area contributed by atoms with Crippen molar-refractivity contribution in [1.82, 2.24) is 0 Å². The molecule has 128 valence electrons. The molecule has 0 aromatic rings. The number of carbonyl (C=O) groups is 2. The van der Waals surface area contributed by atoms with Crippen molar-refractivity contribution in [3.63, 3.8) is 0 Å². The van der Waals surface area contributed by atoms with Crippen molar-refractivity contribution in [1.29, 1.82) is 0 Å². The van der Waals surface area contributed by atoms with Crippen LogP contribution in [-0.4, -0.2) is 71.1 Å². The van der Waals surface area contributed by atoms with Crippen molar-refractivity contribution < 1.29 is 34.4 Å². The fourth-order valence-electron chi connectivity index (χ4n) is 2.40. The second-order valence-electron chi connectivity index (χ2n) is 5.79. The van der Waals surface area contributed by atoms with Gasteiger partial charge in [0.05, 0.1) is 32.0 Å². The van der Waals surface area contributed by atoms with Gasteiger partial charge >= 0.3 is 0 Å². The van der Waals surface area contributed by atoms with Crippen LogP contribution in [0.3, 0.4) is 0 Å². The Hall–Kier alpha value is -0.860. The second kappa shape index (κ2) is 9.32. The minimum atomic E-state index is -1.15. The van der Waals surface area contributed by atoms with E-state index in [1.165, 1.54) is 6.92 Å². The maximum atomic E-state index is 11.9. The van der Waals surface area contributed by atoms with Gasteiger partial charge in [-0.3, -0.25) is 9.59 Å². The predicted octanol–water partition coefficient (Wildman–Crippen LogP) is -0.551. The van der Waals surface area contributed by atoms with Gasteiger partial charge in [-0.15, -0.1) is 0 Å². The van der Waals surface area contributed by atoms with Gasteiger partial charge in [0.2, 0.25) is 0 Å². The van der Waals surface area contributed by atoms with Crippen molar-refractivity contribution in [3.05, 3.63) is 0 Å². The molecule has 1 aliphatic heterocycles. The number of hydrogen-bond acceptors (Lipinski definition) is 7. The third kappa shape index (κ3) is 5.73. The van der Waals surface area contributed by atoms with E-state index in [1.807, 2.05) is 0 Å². The van der Waals surface area contributed by atoms with Crippen molar-refractivity contribution in [2.24, 2.45) is 5.92 Å². The number of carbonyl (C=O) groups excluding carboxylic acids is 2. The summed E-state index contributed by atoms with van der Waals surface area (Å²) >= 11 is 0. The van der Waals surface area contributed by atoms with E-state index >= 15 is 0 Å². The molecule has 7 nitrogen and oxygen atoms in total. The average Bonchev–Trinajstić information content (AvgIpc) is 2.47. The molecule has 0 aromatic carbocycles. The number of ether oxygens (including phenoxy) is 2. The van der Waals surface area contributed by atoms with E-state index in [9.17, 15) is 19.8 Å². The molecule has 2 unspecified atom stereocenters. The van der Waals surface area contributed by atoms with Crippen LogP contribution in [0.5, 0.6) is 0 Å². The number of ketones is 2. The Bertz CT molecular complexity index is 369. The van der Waals surface area contributed by atoms with Gasteiger partial charge in [-0.1, -0.05) is 6.92 Å². The summed E-state index contributed by atoms with van der Waals surface area (Å²) in [4.78, 5) is 22.6. The number of rotatable bonds is 9. The minimum Gasteiger partial charge on any atom is -0.394 e. The fraction of sp³-hybridized carbons (Fsp3) is 0.867. The molecule has 0 aromatic heterocycles. The van der Waals surface area contributed by atoms with Crippen LogP contribution in [0.15, 0.2) is 0 Å². The zero-order valence-electron chi connectivity index (χ0n) is 13.1. The van der Waals surface area contributed by atoms with E-state index in [0.717, 1.165) is 0 Å². The highest BCUT2D eigenvalue weighted by Crippen LogP contribution is 2.28. The van der Waals surface area contributed by atoms with Gasteiger partial charge in [0.1, 0.15) is 23.8 Å². The molecule has 0 radical (unpaired) electrons. The minimum absolute atomic E-state index is 0.0401. The van der Waals surface area contributed by atoms with E-state index in [1.54, 1.807) is 6.92 Å². The highest BCUT2D eigenvalue weighted by Gasteiger charge is 2.42. The monoisotopic (exact) mass is 318 g/mol. The summed E-state index contributed by atoms with van der Waals surface area (Å²) < 4.78 is 10.7. The lowest BCUT2D eigenvalue weighted by Crippen LogP contribution is -2.55. The molecule has 0 bridgehead atoms. The Kier molecular flexibility index (Phi) is 8.13. The maximum Gasteiger partial charge on any atom is 0.137 e. The van der Waals surface area contributed by atoms with Crippen molar-refractivity contribution in [2.75, 3.05) is 19.8 Å². The Labute approximate surface area is 130 Å². The highest BCUT2D eigenvalue weighted by molar-refractivity contribution is 5.79. The van der Waals surface area contributed by atoms with Gasteiger partial charge < -0.3 is 24.8 Å². The van der Waals surface area contributed by atoms with Crippen LogP contribution < -0.4 is 0 Å². The van der Waals surface area contributed by atoms with Gasteiger partial charge in [-0.05, 0) is 6.92 Å². The molecule has 1 rings (SSSR count). The first kappa shape index (κ1) is 19.2. The molecule has 1 fully saturated rings. The van der Waals surface area contributed by atoms with E-state index < -0.39 is 36.9 Å². The summed E-state index contributed by atoms with van der Waals surface area (Å²) in [5.41, 5.74) is 0. The van der Waals surface area contributed by atoms with E-state index in [-0.39, 0.29) is 31.0 Å². The lowest BCUT2D eigenvalue weighted by atomic mass is 9.86. The molecule has 7 heteroatoms. The quantitative estimate of drug-likeness (QED) is 0.489. The van der Waals surface area contributed by atoms with Crippen molar-refractivity contribution in [3.8, 4) is 0 Å². The first-order chi connectivity index (χ1) is 10.4. The molecule has 5 atom stereocenters. The van der Waals surface area contributed by atoms with Crippen LogP contribution >= 0.6 is 0 Å². The lowest BCUT2D eigenvalue weighted by Gasteiger charge is -2.41. The molecule has 0 aliphatic carbocycles. The molecular formula is C15H26O7. The summed E-state index contributed by atoms with van der Waals surface area (Å²) in [7, 11) is 0. The average molecular weight is 318 g/mol. The van der Waals surface area contributed by atoms with E-state index in [2.05, 4.69) is 0 Å². The summed E-state index contributed by atoms with van der Waals surface area (Å²) in [5, 5.41) is 28.8. The van der Waals surface area contributed by atoms with E-state index in [4.69, 9.17) is 14.6 Å². The van der Waals surface area contributed by atoms with Gasteiger partial charge in [-0.2, -0.15) is 0 Å². The van der Waals surface area contributed by atoms with Gasteiger partial charge in [0, 0.05) is 25.2 Å². The molecular weight excluding hydrogens is 292 g/mol. The summed E-state index contributed by atoms with van der Waals surface area (Å²) in [6.07, 6.45) is -2.98. The van der Waals surface area contributed by atoms with Gasteiger partial charge in [0.15, 0.2) is 0 Å². The zero-order valence-corrected chi connectivity index (χ0v) is 13.1. The first-order valence-electron chi connectivity index (χ1n) is 7.58. The van der Waals surface area contributed by atoms with Crippen LogP contribution in [-0.2, 0) is 19.1 Å². The Morgan fingerprint density at radius 1 is 1.09 bits per heavy atom. The summed E-state index contributed by atoms with van der Waals surface area (Å²) in [6, 6.07) is 0. The molecule has 22 heavy (non-hydrogen) atoms. The first-order valence-corrected chi connectivity index (χ1v) is 7.58. The second-order valence-corrected chi connectivity index (χ2v) is 5.79. The van der Waals surface area contributed by atoms with Gasteiger partial charge in [-0.25, -0.2) is 0 Å². The van der Waals surface area contributed by atoms with Crippen molar-refractivity contribution >= 4 is 11.6 Å². The number of aliphatic hydroxyl groups is 3. The predicted molar refractivity (Wildman–Crippen MR) is 77.3 cm³/mol. The highest BCUT2D eigenvalue weighted by atomic mass is 16.5. The molecule has 0 amide bonds. The molecule has 1 heterocycles. The third-order valence-electron chi connectivity index (χ3n) is 3.94. The van der Waals surface area contributed by atoms with Crippen molar-refractivity contribution in [2.45, 2.75) is 57.5 Å². The lowest BCUT2D eigenvalue weighted by molar-refractivity contribution is -0.206. The number of aliphatic hydroxyl groups excluding tert-OH is 3. The maximum absolute atomic E-state index is 11.9. The molecule has 0 saturated carbocycles. The summed E-state index contributed by atoms with van der Waals surface area (Å²) in [6.45, 7) is 3.30. The molecule has 3 N–H and O–H groups in total. The fourth-order valence-corrected chi connectivity index (χ4v) is 2.40. The molecule has 1 saturated heterocycles. The Morgan fingerprint density at radius 2 is 1.73 bits per heavy atom. The summed E-state index contributed by atoms with van der Waals surface area (Å²) in [5.74, 6) is -0.446. The standard InChI is InChI=1S/C15H26O7/c1-9(17)3-5-21-6-4-11(18)7-12-10(2)14(19)15(20)13(8-16)22-12/h10,12-16,19-20H,3-8H2,1-2H3/t10-,12+,13?,14-,15?/m1/s1. The van der Waals surface area contributed by atoms with E-state index in [0.29, 0.717) is 13.0 Å². The third-order valence-corrected chi connectivity index (χ3v) is 3.94. The topological polar surface area (TPSA) is 113 Å². The normalized spacial score (nSPS) is 32.0. The molecule has 0 spiro atoms. The number of Topliss-reactive ketones (excluding diaryl/α,β-unsaturated/α-hetero) is 2. The number of hydrogen-bond donors (Lipinski definition) is 3.